The minimum Gasteiger partial charge on any atom is -0.358 e. The van der Waals surface area contributed by atoms with Crippen LogP contribution in [0.15, 0.2) is 0 Å². The summed E-state index contributed by atoms with van der Waals surface area (Å²) in [7, 11) is 1.42. The maximum absolute atomic E-state index is 12.8. The van der Waals surface area contributed by atoms with Crippen LogP contribution in [0, 0.1) is 0 Å². The van der Waals surface area contributed by atoms with E-state index < -0.39 is 17.6 Å². The third kappa shape index (κ3) is 5.07. The van der Waals surface area contributed by atoms with Crippen LogP contribution in [-0.2, 0) is 4.79 Å². The molecule has 0 aliphatic rings. The molecule has 0 saturated heterocycles. The molecule has 0 aromatic carbocycles. The Balaban J connectivity index is 0. The van der Waals surface area contributed by atoms with E-state index >= 15 is 0 Å². The van der Waals surface area contributed by atoms with Gasteiger partial charge in [0.05, 0.1) is 0 Å². The zero-order valence-corrected chi connectivity index (χ0v) is 8.44. The van der Waals surface area contributed by atoms with E-state index in [0.717, 1.165) is 0 Å². The summed E-state index contributed by atoms with van der Waals surface area (Å²) in [6.07, 6.45) is 0. The molecule has 4 heteroatoms. The molecule has 0 rings (SSSR count). The summed E-state index contributed by atoms with van der Waals surface area (Å²) < 4.78 is 12.8. The molecular formula is C8H19FN2O. The Labute approximate surface area is 73.5 Å². The van der Waals surface area contributed by atoms with E-state index in [1.807, 2.05) is 13.8 Å². The lowest BCUT2D eigenvalue weighted by atomic mass is 10.0. The number of carbonyl (C=O) groups is 1. The van der Waals surface area contributed by atoms with E-state index in [-0.39, 0.29) is 0 Å². The highest BCUT2D eigenvalue weighted by Crippen LogP contribution is 2.11. The highest BCUT2D eigenvalue weighted by Gasteiger charge is 2.30. The second-order valence-corrected chi connectivity index (χ2v) is 2.66. The maximum Gasteiger partial charge on any atom is 0.239 e. The first-order chi connectivity index (χ1) is 5.39. The van der Waals surface area contributed by atoms with Crippen LogP contribution in [0.25, 0.3) is 0 Å². The van der Waals surface area contributed by atoms with Gasteiger partial charge in [-0.15, -0.1) is 0 Å². The first-order valence-electron chi connectivity index (χ1n) is 4.05. The zero-order chi connectivity index (χ0) is 10.4. The molecule has 0 saturated carbocycles. The number of hydrogen-bond donors (Lipinski definition) is 2. The van der Waals surface area contributed by atoms with Crippen molar-refractivity contribution in [3.8, 4) is 0 Å². The molecule has 0 aliphatic heterocycles. The quantitative estimate of drug-likeness (QED) is 0.658. The van der Waals surface area contributed by atoms with Gasteiger partial charge in [0.25, 0.3) is 0 Å². The molecule has 0 radical (unpaired) electrons. The molecule has 1 unspecified atom stereocenters. The largest absolute Gasteiger partial charge is 0.358 e. The van der Waals surface area contributed by atoms with E-state index in [4.69, 9.17) is 5.73 Å². The number of rotatable bonds is 2. The van der Waals surface area contributed by atoms with Crippen LogP contribution in [0.1, 0.15) is 27.7 Å². The number of nitrogens with two attached hydrogens (primary N) is 1. The van der Waals surface area contributed by atoms with Crippen molar-refractivity contribution in [2.75, 3.05) is 7.05 Å². The number of halogens is 1. The molecule has 1 amide bonds. The van der Waals surface area contributed by atoms with Crippen LogP contribution in [0.4, 0.5) is 4.39 Å². The lowest BCUT2D eigenvalue weighted by molar-refractivity contribution is -0.124. The van der Waals surface area contributed by atoms with Crippen molar-refractivity contribution in [3.63, 3.8) is 0 Å². The molecule has 3 nitrogen and oxygen atoms in total. The molecule has 0 aromatic heterocycles. The average molecular weight is 178 g/mol. The third-order valence-electron chi connectivity index (χ3n) is 1.27. The Morgan fingerprint density at radius 3 is 1.92 bits per heavy atom. The summed E-state index contributed by atoms with van der Waals surface area (Å²) in [6.45, 7) is 6.54. The van der Waals surface area contributed by atoms with E-state index in [9.17, 15) is 9.18 Å². The number of carbonyl (C=O) groups excluding carboxylic acids is 1. The lowest BCUT2D eigenvalue weighted by Crippen LogP contribution is -2.50. The molecule has 0 aromatic rings. The Morgan fingerprint density at radius 1 is 1.50 bits per heavy atom. The summed E-state index contributed by atoms with van der Waals surface area (Å²) in [5.41, 5.74) is 3.57. The van der Waals surface area contributed by atoms with E-state index in [1.165, 1.54) is 20.9 Å². The van der Waals surface area contributed by atoms with Gasteiger partial charge in [-0.25, -0.2) is 4.39 Å². The Hall–Kier alpha value is -0.640. The van der Waals surface area contributed by atoms with Crippen LogP contribution in [0.2, 0.25) is 0 Å². The predicted octanol–water partition coefficient (Wildman–Crippen LogP) is 0.834. The van der Waals surface area contributed by atoms with Crippen molar-refractivity contribution in [1.82, 2.24) is 5.32 Å². The van der Waals surface area contributed by atoms with Crippen LogP contribution < -0.4 is 11.1 Å². The maximum atomic E-state index is 12.8. The topological polar surface area (TPSA) is 55.1 Å². The fraction of sp³-hybridized carbons (Fsp3) is 0.875. The Bertz CT molecular complexity index is 132. The predicted molar refractivity (Wildman–Crippen MR) is 48.6 cm³/mol. The van der Waals surface area contributed by atoms with Gasteiger partial charge in [-0.2, -0.15) is 0 Å². The van der Waals surface area contributed by atoms with Gasteiger partial charge in [0.1, 0.15) is 11.7 Å². The van der Waals surface area contributed by atoms with Crippen molar-refractivity contribution in [1.29, 1.82) is 0 Å². The number of hydrogen-bond acceptors (Lipinski definition) is 2. The van der Waals surface area contributed by atoms with Crippen LogP contribution in [-0.4, -0.2) is 24.7 Å². The highest BCUT2D eigenvalue weighted by atomic mass is 19.1. The second-order valence-electron chi connectivity index (χ2n) is 2.66. The second kappa shape index (κ2) is 5.94. The van der Waals surface area contributed by atoms with Crippen LogP contribution in [0.5, 0.6) is 0 Å². The van der Waals surface area contributed by atoms with Gasteiger partial charge in [0.15, 0.2) is 0 Å². The summed E-state index contributed by atoms with van der Waals surface area (Å²) in [5, 5.41) is 2.27. The first kappa shape index (κ1) is 13.9. The molecule has 74 valence electrons. The fourth-order valence-corrected chi connectivity index (χ4v) is 0.467. The van der Waals surface area contributed by atoms with Gasteiger partial charge in [-0.05, 0) is 13.8 Å². The van der Waals surface area contributed by atoms with Gasteiger partial charge in [0.2, 0.25) is 5.91 Å². The first-order valence-corrected chi connectivity index (χ1v) is 4.05. The molecule has 0 aliphatic carbocycles. The highest BCUT2D eigenvalue weighted by molar-refractivity contribution is 5.82. The van der Waals surface area contributed by atoms with Crippen LogP contribution >= 0.6 is 0 Å². The molecule has 12 heavy (non-hydrogen) atoms. The molecule has 0 bridgehead atoms. The molecule has 3 N–H and O–H groups in total. The number of nitrogens with one attached hydrogen (secondary N) is 1. The number of likely N-dealkylation sites (N-methyl/N-ethyl adjacent to an activating group) is 1. The van der Waals surface area contributed by atoms with Gasteiger partial charge in [-0.3, -0.25) is 4.79 Å². The van der Waals surface area contributed by atoms with Gasteiger partial charge < -0.3 is 11.1 Å². The van der Waals surface area contributed by atoms with E-state index in [0.29, 0.717) is 0 Å². The van der Waals surface area contributed by atoms with Crippen LogP contribution in [0.3, 0.4) is 0 Å². The Kier molecular flexibility index (Phi) is 6.89. The number of alkyl halides is 1. The minimum atomic E-state index is -1.65. The third-order valence-corrected chi connectivity index (χ3v) is 1.27. The molecule has 0 heterocycles. The smallest absolute Gasteiger partial charge is 0.239 e. The zero-order valence-electron chi connectivity index (χ0n) is 8.44. The minimum absolute atomic E-state index is 0.479. The standard InChI is InChI=1S/C6H13FN2O.C2H6/c1-6(2,7)4(8)5(10)9-3;1-2/h4H,8H2,1-3H3,(H,9,10);1-2H3. The molecular weight excluding hydrogens is 159 g/mol. The van der Waals surface area contributed by atoms with Crippen molar-refractivity contribution in [3.05, 3.63) is 0 Å². The number of amides is 1. The van der Waals surface area contributed by atoms with E-state index in [1.54, 1.807) is 0 Å². The normalized spacial score (nSPS) is 12.6. The summed E-state index contributed by atoms with van der Waals surface area (Å²) in [6, 6.07) is -1.09. The van der Waals surface area contributed by atoms with Gasteiger partial charge >= 0.3 is 0 Å². The van der Waals surface area contributed by atoms with Crippen molar-refractivity contribution >= 4 is 5.91 Å². The van der Waals surface area contributed by atoms with Crippen molar-refractivity contribution < 1.29 is 9.18 Å². The fourth-order valence-electron chi connectivity index (χ4n) is 0.467. The summed E-state index contributed by atoms with van der Waals surface area (Å²) in [4.78, 5) is 10.7. The summed E-state index contributed by atoms with van der Waals surface area (Å²) >= 11 is 0. The SMILES string of the molecule is CC.CNC(=O)C(N)C(C)(C)F. The monoisotopic (exact) mass is 178 g/mol. The van der Waals surface area contributed by atoms with Gasteiger partial charge in [0, 0.05) is 7.05 Å². The van der Waals surface area contributed by atoms with Crippen molar-refractivity contribution in [2.24, 2.45) is 5.73 Å². The molecule has 0 fully saturated rings. The van der Waals surface area contributed by atoms with Gasteiger partial charge in [-0.1, -0.05) is 13.8 Å². The average Bonchev–Trinajstić information content (AvgIpc) is 2.04. The van der Waals surface area contributed by atoms with E-state index in [2.05, 4.69) is 5.32 Å². The molecule has 0 spiro atoms. The van der Waals surface area contributed by atoms with Crippen molar-refractivity contribution in [2.45, 2.75) is 39.4 Å². The summed E-state index contributed by atoms with van der Waals surface area (Å²) in [5.74, 6) is -0.479. The molecule has 1 atom stereocenters. The Morgan fingerprint density at radius 2 is 1.83 bits per heavy atom. The lowest BCUT2D eigenvalue weighted by Gasteiger charge is -2.20.